The fourth-order valence-electron chi connectivity index (χ4n) is 2.74. The third-order valence-corrected chi connectivity index (χ3v) is 3.78. The lowest BCUT2D eigenvalue weighted by atomic mass is 10.2. The minimum Gasteiger partial charge on any atom is -0.359 e. The van der Waals surface area contributed by atoms with E-state index in [4.69, 9.17) is 4.52 Å². The standard InChI is InChI=1S/C14H24N4O2/c1-4-7-18-8-5-6-12(18)9-15-14(19)16-13-10(2)17-20-11(13)3/h12H,4-9H2,1-3H3,(H2,15,16,19)/t12-/m0/s1. The quantitative estimate of drug-likeness (QED) is 0.868. The van der Waals surface area contributed by atoms with Crippen LogP contribution in [0.2, 0.25) is 0 Å². The van der Waals surface area contributed by atoms with E-state index in [2.05, 4.69) is 27.6 Å². The summed E-state index contributed by atoms with van der Waals surface area (Å²) in [6, 6.07) is 0.271. The van der Waals surface area contributed by atoms with Gasteiger partial charge in [0.05, 0.1) is 0 Å². The predicted octanol–water partition coefficient (Wildman–Crippen LogP) is 2.29. The third kappa shape index (κ3) is 3.50. The Balaban J connectivity index is 1.80. The Hall–Kier alpha value is -1.56. The molecule has 0 radical (unpaired) electrons. The molecule has 1 aromatic heterocycles. The van der Waals surface area contributed by atoms with Gasteiger partial charge in [-0.05, 0) is 46.2 Å². The summed E-state index contributed by atoms with van der Waals surface area (Å²) in [6.07, 6.45) is 3.53. The van der Waals surface area contributed by atoms with E-state index >= 15 is 0 Å². The van der Waals surface area contributed by atoms with E-state index in [1.54, 1.807) is 6.92 Å². The molecule has 6 heteroatoms. The predicted molar refractivity (Wildman–Crippen MR) is 77.9 cm³/mol. The van der Waals surface area contributed by atoms with Crippen LogP contribution in [0.15, 0.2) is 4.52 Å². The molecule has 20 heavy (non-hydrogen) atoms. The molecule has 2 rings (SSSR count). The zero-order chi connectivity index (χ0) is 14.5. The SMILES string of the molecule is CCCN1CCC[C@H]1CNC(=O)Nc1c(C)noc1C. The number of nitrogens with zero attached hydrogens (tertiary/aromatic N) is 2. The highest BCUT2D eigenvalue weighted by molar-refractivity contribution is 5.90. The second-order valence-electron chi connectivity index (χ2n) is 5.37. The lowest BCUT2D eigenvalue weighted by Gasteiger charge is -2.24. The zero-order valence-electron chi connectivity index (χ0n) is 12.5. The molecule has 1 aromatic rings. The van der Waals surface area contributed by atoms with Crippen LogP contribution in [-0.2, 0) is 0 Å². The van der Waals surface area contributed by atoms with Gasteiger partial charge in [0.25, 0.3) is 0 Å². The summed E-state index contributed by atoms with van der Waals surface area (Å²) >= 11 is 0. The van der Waals surface area contributed by atoms with Crippen molar-refractivity contribution in [1.29, 1.82) is 0 Å². The summed E-state index contributed by atoms with van der Waals surface area (Å²) in [5.74, 6) is 0.631. The lowest BCUT2D eigenvalue weighted by Crippen LogP contribution is -2.41. The molecule has 1 saturated heterocycles. The molecule has 0 bridgehead atoms. The van der Waals surface area contributed by atoms with E-state index in [9.17, 15) is 4.79 Å². The number of aromatic nitrogens is 1. The van der Waals surface area contributed by atoms with Gasteiger partial charge >= 0.3 is 6.03 Å². The number of urea groups is 1. The Morgan fingerprint density at radius 3 is 2.95 bits per heavy atom. The Labute approximate surface area is 119 Å². The molecule has 0 spiro atoms. The maximum absolute atomic E-state index is 11.9. The first kappa shape index (κ1) is 14.8. The second-order valence-corrected chi connectivity index (χ2v) is 5.37. The monoisotopic (exact) mass is 280 g/mol. The molecule has 1 aliphatic rings. The van der Waals surface area contributed by atoms with Gasteiger partial charge in [-0.25, -0.2) is 4.79 Å². The molecule has 0 saturated carbocycles. The van der Waals surface area contributed by atoms with Crippen molar-refractivity contribution >= 4 is 11.7 Å². The summed E-state index contributed by atoms with van der Waals surface area (Å²) in [7, 11) is 0. The molecular formula is C14H24N4O2. The fourth-order valence-corrected chi connectivity index (χ4v) is 2.74. The molecule has 1 fully saturated rings. The largest absolute Gasteiger partial charge is 0.359 e. The van der Waals surface area contributed by atoms with E-state index in [0.717, 1.165) is 25.9 Å². The fraction of sp³-hybridized carbons (Fsp3) is 0.714. The number of amides is 2. The number of carbonyl (C=O) groups is 1. The number of likely N-dealkylation sites (tertiary alicyclic amines) is 1. The lowest BCUT2D eigenvalue weighted by molar-refractivity contribution is 0.233. The van der Waals surface area contributed by atoms with Crippen molar-refractivity contribution in [3.05, 3.63) is 11.5 Å². The Morgan fingerprint density at radius 1 is 1.50 bits per heavy atom. The average Bonchev–Trinajstić information content (AvgIpc) is 2.98. The van der Waals surface area contributed by atoms with Crippen LogP contribution in [0.3, 0.4) is 0 Å². The van der Waals surface area contributed by atoms with Crippen LogP contribution in [-0.4, -0.2) is 41.8 Å². The zero-order valence-corrected chi connectivity index (χ0v) is 12.5. The summed E-state index contributed by atoms with van der Waals surface area (Å²) in [6.45, 7) is 8.73. The average molecular weight is 280 g/mol. The highest BCUT2D eigenvalue weighted by atomic mass is 16.5. The van der Waals surface area contributed by atoms with Gasteiger partial charge in [-0.1, -0.05) is 12.1 Å². The van der Waals surface area contributed by atoms with E-state index in [1.807, 2.05) is 6.92 Å². The van der Waals surface area contributed by atoms with Gasteiger partial charge in [0.15, 0.2) is 5.76 Å². The highest BCUT2D eigenvalue weighted by Gasteiger charge is 2.24. The van der Waals surface area contributed by atoms with Crippen molar-refractivity contribution in [3.63, 3.8) is 0 Å². The van der Waals surface area contributed by atoms with Crippen LogP contribution in [0.25, 0.3) is 0 Å². The molecule has 0 unspecified atom stereocenters. The summed E-state index contributed by atoms with van der Waals surface area (Å²) < 4.78 is 5.02. The first-order valence-electron chi connectivity index (χ1n) is 7.33. The van der Waals surface area contributed by atoms with Crippen molar-refractivity contribution < 1.29 is 9.32 Å². The van der Waals surface area contributed by atoms with Crippen LogP contribution >= 0.6 is 0 Å². The van der Waals surface area contributed by atoms with Crippen LogP contribution in [0.5, 0.6) is 0 Å². The molecular weight excluding hydrogens is 256 g/mol. The normalized spacial score (nSPS) is 19.2. The van der Waals surface area contributed by atoms with Crippen molar-refractivity contribution in [2.45, 2.75) is 46.1 Å². The van der Waals surface area contributed by atoms with Gasteiger partial charge in [-0.2, -0.15) is 0 Å². The molecule has 0 aromatic carbocycles. The van der Waals surface area contributed by atoms with Crippen molar-refractivity contribution in [1.82, 2.24) is 15.4 Å². The van der Waals surface area contributed by atoms with Gasteiger partial charge in [0.1, 0.15) is 11.4 Å². The Kier molecular flexibility index (Phi) is 5.00. The van der Waals surface area contributed by atoms with Gasteiger partial charge in [0.2, 0.25) is 0 Å². The van der Waals surface area contributed by atoms with Crippen LogP contribution in [0.1, 0.15) is 37.6 Å². The Morgan fingerprint density at radius 2 is 2.30 bits per heavy atom. The van der Waals surface area contributed by atoms with E-state index < -0.39 is 0 Å². The second kappa shape index (κ2) is 6.74. The highest BCUT2D eigenvalue weighted by Crippen LogP contribution is 2.19. The smallest absolute Gasteiger partial charge is 0.319 e. The van der Waals surface area contributed by atoms with Crippen LogP contribution in [0.4, 0.5) is 10.5 Å². The number of hydrogen-bond donors (Lipinski definition) is 2. The van der Waals surface area contributed by atoms with E-state index in [0.29, 0.717) is 29.7 Å². The van der Waals surface area contributed by atoms with Gasteiger partial charge < -0.3 is 15.2 Å². The van der Waals surface area contributed by atoms with Crippen LogP contribution < -0.4 is 10.6 Å². The third-order valence-electron chi connectivity index (χ3n) is 3.78. The first-order valence-corrected chi connectivity index (χ1v) is 7.33. The van der Waals surface area contributed by atoms with E-state index in [-0.39, 0.29) is 6.03 Å². The van der Waals surface area contributed by atoms with Gasteiger partial charge in [-0.3, -0.25) is 4.90 Å². The number of carbonyl (C=O) groups excluding carboxylic acids is 1. The number of aryl methyl sites for hydroxylation is 2. The first-order chi connectivity index (χ1) is 9.61. The molecule has 0 aliphatic carbocycles. The van der Waals surface area contributed by atoms with Crippen molar-refractivity contribution in [2.24, 2.45) is 0 Å². The van der Waals surface area contributed by atoms with Gasteiger partial charge in [-0.15, -0.1) is 0 Å². The Bertz CT molecular complexity index is 439. The number of nitrogens with one attached hydrogen (secondary N) is 2. The molecule has 6 nitrogen and oxygen atoms in total. The number of hydrogen-bond acceptors (Lipinski definition) is 4. The maximum atomic E-state index is 11.9. The molecule has 2 N–H and O–H groups in total. The minimum absolute atomic E-state index is 0.192. The number of rotatable bonds is 5. The van der Waals surface area contributed by atoms with Crippen LogP contribution in [0, 0.1) is 13.8 Å². The summed E-state index contributed by atoms with van der Waals surface area (Å²) in [4.78, 5) is 14.4. The topological polar surface area (TPSA) is 70.4 Å². The molecule has 112 valence electrons. The molecule has 1 aliphatic heterocycles. The molecule has 2 heterocycles. The maximum Gasteiger partial charge on any atom is 0.319 e. The van der Waals surface area contributed by atoms with E-state index in [1.165, 1.54) is 6.42 Å². The van der Waals surface area contributed by atoms with Crippen molar-refractivity contribution in [2.75, 3.05) is 25.0 Å². The molecule has 1 atom stereocenters. The van der Waals surface area contributed by atoms with Gasteiger partial charge in [0, 0.05) is 12.6 Å². The molecule has 2 amide bonds. The summed E-state index contributed by atoms with van der Waals surface area (Å²) in [5, 5.41) is 9.57. The number of anilines is 1. The van der Waals surface area contributed by atoms with Crippen molar-refractivity contribution in [3.8, 4) is 0 Å². The summed E-state index contributed by atoms with van der Waals surface area (Å²) in [5.41, 5.74) is 1.37. The minimum atomic E-state index is -0.192.